The molecule has 1 heterocycles. The fraction of sp³-hybridized carbons (Fsp3) is 0.375. The van der Waals surface area contributed by atoms with Crippen LogP contribution in [0.3, 0.4) is 0 Å². The average Bonchev–Trinajstić information content (AvgIpc) is 3.45. The number of halogens is 3. The van der Waals surface area contributed by atoms with E-state index in [9.17, 15) is 44.7 Å². The molecule has 266 valence electrons. The Morgan fingerprint density at radius 1 is 0.980 bits per heavy atom. The molecule has 4 rings (SSSR count). The lowest BCUT2D eigenvalue weighted by molar-refractivity contribution is -0.129. The third-order valence-corrected chi connectivity index (χ3v) is 11.0. The Balaban J connectivity index is 1.54. The second-order valence-electron chi connectivity index (χ2n) is 11.7. The summed E-state index contributed by atoms with van der Waals surface area (Å²) in [6.45, 7) is 2.91. The maximum Gasteiger partial charge on any atom is 0.501 e. The molecular weight excluding hydrogens is 691 g/mol. The molecular formula is C32H36F3N3O9S2. The van der Waals surface area contributed by atoms with Gasteiger partial charge in [0.15, 0.2) is 6.10 Å². The molecule has 0 saturated carbocycles. The Kier molecular flexibility index (Phi) is 11.6. The van der Waals surface area contributed by atoms with Gasteiger partial charge in [-0.15, -0.1) is 0 Å². The number of carbonyl (C=O) groups is 2. The topological polar surface area (TPSA) is 160 Å². The standard InChI is InChI=1S/C32H36F3N3O9S2/c1-21(2)18-37(49(44,45)26-15-11-24(46-3)12-16-26)19-28(39)27(17-22-7-5-4-6-8-22)36-30(40)29-20-38(31(41)47-29)23-9-13-25(14-10-23)48(42,43)32(33,34)35/h4-16,21,27-29,39H,17-20H2,1-3H3,(H,36,40)/t27-,28+,29-/m0/s1. The Morgan fingerprint density at radius 3 is 2.12 bits per heavy atom. The largest absolute Gasteiger partial charge is 0.501 e. The number of nitrogens with zero attached hydrogens (tertiary/aromatic N) is 2. The van der Waals surface area contributed by atoms with Crippen molar-refractivity contribution < 1.29 is 54.2 Å². The van der Waals surface area contributed by atoms with E-state index in [0.29, 0.717) is 23.4 Å². The number of ether oxygens (including phenoxy) is 2. The molecule has 0 spiro atoms. The van der Waals surface area contributed by atoms with Gasteiger partial charge in [0.25, 0.3) is 15.7 Å². The molecule has 1 aliphatic heterocycles. The van der Waals surface area contributed by atoms with Gasteiger partial charge in [0, 0.05) is 18.8 Å². The van der Waals surface area contributed by atoms with Crippen LogP contribution in [-0.2, 0) is 35.8 Å². The maximum atomic E-state index is 13.7. The number of amides is 2. The third kappa shape index (κ3) is 8.89. The number of sulfone groups is 1. The quantitative estimate of drug-likeness (QED) is 0.252. The van der Waals surface area contributed by atoms with Crippen molar-refractivity contribution in [2.45, 2.75) is 53.8 Å². The monoisotopic (exact) mass is 727 g/mol. The molecule has 49 heavy (non-hydrogen) atoms. The van der Waals surface area contributed by atoms with E-state index in [1.54, 1.807) is 30.3 Å². The number of hydrogen-bond donors (Lipinski definition) is 2. The van der Waals surface area contributed by atoms with Crippen molar-refractivity contribution in [3.8, 4) is 5.75 Å². The van der Waals surface area contributed by atoms with E-state index >= 15 is 0 Å². The Labute approximate surface area is 282 Å². The van der Waals surface area contributed by atoms with Crippen molar-refractivity contribution in [3.63, 3.8) is 0 Å². The number of nitrogens with one attached hydrogen (secondary N) is 1. The second kappa shape index (κ2) is 15.1. The van der Waals surface area contributed by atoms with Crippen LogP contribution in [-0.4, -0.2) is 88.7 Å². The number of sulfonamides is 1. The van der Waals surface area contributed by atoms with Gasteiger partial charge in [-0.2, -0.15) is 17.5 Å². The molecule has 3 atom stereocenters. The van der Waals surface area contributed by atoms with Gasteiger partial charge in [-0.1, -0.05) is 44.2 Å². The number of aliphatic hydroxyl groups excluding tert-OH is 1. The SMILES string of the molecule is COc1ccc(S(=O)(=O)N(CC(C)C)C[C@@H](O)[C@H](Cc2ccccc2)NC(=O)[C@@H]2CN(c3ccc(S(=O)(=O)C(F)(F)F)cc3)C(=O)O2)cc1. The van der Waals surface area contributed by atoms with Crippen LogP contribution in [0, 0.1) is 5.92 Å². The molecule has 0 aliphatic carbocycles. The van der Waals surface area contributed by atoms with Crippen LogP contribution in [0.4, 0.5) is 23.7 Å². The van der Waals surface area contributed by atoms with Crippen LogP contribution < -0.4 is 15.0 Å². The van der Waals surface area contributed by atoms with Crippen molar-refractivity contribution in [3.05, 3.63) is 84.4 Å². The molecule has 0 unspecified atom stereocenters. The summed E-state index contributed by atoms with van der Waals surface area (Å²) in [5.41, 5.74) is -4.83. The van der Waals surface area contributed by atoms with Crippen molar-refractivity contribution in [2.75, 3.05) is 31.6 Å². The van der Waals surface area contributed by atoms with E-state index < -0.39 is 67.1 Å². The average molecular weight is 728 g/mol. The second-order valence-corrected chi connectivity index (χ2v) is 15.6. The van der Waals surface area contributed by atoms with Gasteiger partial charge < -0.3 is 19.9 Å². The van der Waals surface area contributed by atoms with E-state index in [2.05, 4.69) is 5.32 Å². The van der Waals surface area contributed by atoms with Crippen LogP contribution in [0.5, 0.6) is 5.75 Å². The van der Waals surface area contributed by atoms with Crippen LogP contribution in [0.1, 0.15) is 19.4 Å². The first-order valence-corrected chi connectivity index (χ1v) is 17.9. The molecule has 1 aliphatic rings. The lowest BCUT2D eigenvalue weighted by Gasteiger charge is -2.31. The molecule has 3 aromatic carbocycles. The van der Waals surface area contributed by atoms with Crippen molar-refractivity contribution in [2.24, 2.45) is 5.92 Å². The minimum Gasteiger partial charge on any atom is -0.497 e. The fourth-order valence-corrected chi connectivity index (χ4v) is 7.47. The number of methoxy groups -OCH3 is 1. The van der Waals surface area contributed by atoms with Crippen LogP contribution in [0.25, 0.3) is 0 Å². The molecule has 1 fully saturated rings. The number of hydrogen-bond acceptors (Lipinski definition) is 9. The first kappa shape index (κ1) is 37.6. The molecule has 12 nitrogen and oxygen atoms in total. The smallest absolute Gasteiger partial charge is 0.497 e. The van der Waals surface area contributed by atoms with Crippen molar-refractivity contribution in [1.29, 1.82) is 0 Å². The molecule has 0 bridgehead atoms. The predicted molar refractivity (Wildman–Crippen MR) is 172 cm³/mol. The fourth-order valence-electron chi connectivity index (χ4n) is 5.09. The van der Waals surface area contributed by atoms with Gasteiger partial charge in [-0.05, 0) is 66.4 Å². The lowest BCUT2D eigenvalue weighted by Crippen LogP contribution is -2.53. The van der Waals surface area contributed by atoms with Crippen LogP contribution in [0.15, 0.2) is 88.7 Å². The summed E-state index contributed by atoms with van der Waals surface area (Å²) >= 11 is 0. The van der Waals surface area contributed by atoms with E-state index in [1.807, 2.05) is 13.8 Å². The third-order valence-electron chi connectivity index (χ3n) is 7.61. The van der Waals surface area contributed by atoms with E-state index in [-0.39, 0.29) is 36.0 Å². The lowest BCUT2D eigenvalue weighted by atomic mass is 10.0. The first-order valence-electron chi connectivity index (χ1n) is 15.0. The summed E-state index contributed by atoms with van der Waals surface area (Å²) in [7, 11) is -8.27. The number of cyclic esters (lactones) is 1. The predicted octanol–water partition coefficient (Wildman–Crippen LogP) is 3.75. The summed E-state index contributed by atoms with van der Waals surface area (Å²) in [4.78, 5) is 26.0. The molecule has 2 amide bonds. The Bertz CT molecular complexity index is 1820. The Hall–Kier alpha value is -4.19. The summed E-state index contributed by atoms with van der Waals surface area (Å²) < 4.78 is 101. The van der Waals surface area contributed by atoms with Crippen molar-refractivity contribution in [1.82, 2.24) is 9.62 Å². The minimum atomic E-state index is -5.61. The molecule has 2 N–H and O–H groups in total. The van der Waals surface area contributed by atoms with E-state index in [1.165, 1.54) is 31.4 Å². The minimum absolute atomic E-state index is 0.0182. The zero-order valence-electron chi connectivity index (χ0n) is 26.7. The van der Waals surface area contributed by atoms with E-state index in [0.717, 1.165) is 21.3 Å². The molecule has 17 heteroatoms. The number of benzene rings is 3. The Morgan fingerprint density at radius 2 is 1.57 bits per heavy atom. The zero-order chi connectivity index (χ0) is 36.1. The molecule has 1 saturated heterocycles. The first-order chi connectivity index (χ1) is 22.9. The summed E-state index contributed by atoms with van der Waals surface area (Å²) in [6.07, 6.45) is -3.80. The zero-order valence-corrected chi connectivity index (χ0v) is 28.3. The van der Waals surface area contributed by atoms with Gasteiger partial charge in [0.05, 0.1) is 35.6 Å². The summed E-state index contributed by atoms with van der Waals surface area (Å²) in [5, 5.41) is 14.2. The number of anilines is 1. The van der Waals surface area contributed by atoms with Gasteiger partial charge >= 0.3 is 11.6 Å². The highest BCUT2D eigenvalue weighted by molar-refractivity contribution is 7.92. The molecule has 0 radical (unpaired) electrons. The highest BCUT2D eigenvalue weighted by Gasteiger charge is 2.47. The van der Waals surface area contributed by atoms with Crippen LogP contribution in [0.2, 0.25) is 0 Å². The highest BCUT2D eigenvalue weighted by atomic mass is 32.2. The van der Waals surface area contributed by atoms with Crippen LogP contribution >= 0.6 is 0 Å². The molecule has 0 aromatic heterocycles. The summed E-state index contributed by atoms with van der Waals surface area (Å²) in [6, 6.07) is 16.8. The highest BCUT2D eigenvalue weighted by Crippen LogP contribution is 2.32. The van der Waals surface area contributed by atoms with Crippen molar-refractivity contribution >= 4 is 37.5 Å². The number of aliphatic hydroxyl groups is 1. The number of alkyl halides is 3. The van der Waals surface area contributed by atoms with Gasteiger partial charge in [-0.25, -0.2) is 21.6 Å². The normalized spacial score (nSPS) is 16.8. The molecule has 3 aromatic rings. The van der Waals surface area contributed by atoms with Gasteiger partial charge in [-0.3, -0.25) is 9.69 Å². The van der Waals surface area contributed by atoms with E-state index in [4.69, 9.17) is 9.47 Å². The number of rotatable bonds is 14. The summed E-state index contributed by atoms with van der Waals surface area (Å²) in [5.74, 6) is -0.493. The number of carbonyl (C=O) groups excluding carboxylic acids is 2. The van der Waals surface area contributed by atoms with Gasteiger partial charge in [0.1, 0.15) is 5.75 Å². The van der Waals surface area contributed by atoms with Gasteiger partial charge in [0.2, 0.25) is 10.0 Å². The maximum absolute atomic E-state index is 13.7.